The molecule has 7 nitrogen and oxygen atoms in total. The lowest BCUT2D eigenvalue weighted by molar-refractivity contribution is -0.116. The van der Waals surface area contributed by atoms with E-state index in [4.69, 9.17) is 16.3 Å². The number of hydrogen-bond donors (Lipinski definition) is 1. The SMILES string of the molecule is CCOc1ccccc1NC(=O)CN1N=C(c2ccccc2F)c2cc(Cl)ccc2S1(=O)=O. The molecule has 170 valence electrons. The molecule has 0 aliphatic carbocycles. The fourth-order valence-electron chi connectivity index (χ4n) is 3.38. The summed E-state index contributed by atoms with van der Waals surface area (Å²) in [4.78, 5) is 12.6. The van der Waals surface area contributed by atoms with Crippen molar-refractivity contribution in [3.05, 3.63) is 88.7 Å². The van der Waals surface area contributed by atoms with Crippen LogP contribution in [0.5, 0.6) is 5.75 Å². The van der Waals surface area contributed by atoms with Crippen LogP contribution >= 0.6 is 11.6 Å². The summed E-state index contributed by atoms with van der Waals surface area (Å²) in [6, 6.07) is 16.8. The first-order chi connectivity index (χ1) is 15.8. The van der Waals surface area contributed by atoms with E-state index in [-0.39, 0.29) is 26.8 Å². The molecule has 1 N–H and O–H groups in total. The average molecular weight is 488 g/mol. The summed E-state index contributed by atoms with van der Waals surface area (Å²) in [6.45, 7) is 1.58. The minimum atomic E-state index is -4.19. The van der Waals surface area contributed by atoms with Gasteiger partial charge in [0.15, 0.2) is 0 Å². The average Bonchev–Trinajstić information content (AvgIpc) is 2.78. The highest BCUT2D eigenvalue weighted by Crippen LogP contribution is 2.32. The maximum atomic E-state index is 14.6. The van der Waals surface area contributed by atoms with Gasteiger partial charge >= 0.3 is 0 Å². The van der Waals surface area contributed by atoms with Crippen molar-refractivity contribution >= 4 is 38.9 Å². The third kappa shape index (κ3) is 4.55. The summed E-state index contributed by atoms with van der Waals surface area (Å²) in [6.07, 6.45) is 0. The fourth-order valence-corrected chi connectivity index (χ4v) is 4.93. The number of benzene rings is 3. The number of carbonyl (C=O) groups is 1. The highest BCUT2D eigenvalue weighted by atomic mass is 35.5. The number of para-hydroxylation sites is 2. The second-order valence-corrected chi connectivity index (χ2v) is 9.28. The van der Waals surface area contributed by atoms with Gasteiger partial charge in [0.05, 0.1) is 17.2 Å². The highest BCUT2D eigenvalue weighted by molar-refractivity contribution is 7.89. The van der Waals surface area contributed by atoms with Crippen LogP contribution in [-0.4, -0.2) is 37.6 Å². The van der Waals surface area contributed by atoms with E-state index in [2.05, 4.69) is 10.4 Å². The molecule has 10 heteroatoms. The number of nitrogens with zero attached hydrogens (tertiary/aromatic N) is 2. The first-order valence-electron chi connectivity index (χ1n) is 9.99. The first kappa shape index (κ1) is 22.8. The Bertz CT molecular complexity index is 1360. The number of carbonyl (C=O) groups excluding carboxylic acids is 1. The Kier molecular flexibility index (Phi) is 6.35. The minimum absolute atomic E-state index is 0.0583. The molecule has 0 bridgehead atoms. The maximum Gasteiger partial charge on any atom is 0.280 e. The quantitative estimate of drug-likeness (QED) is 0.562. The zero-order chi connectivity index (χ0) is 23.6. The summed E-state index contributed by atoms with van der Waals surface area (Å²) in [5.74, 6) is -0.776. The van der Waals surface area contributed by atoms with Crippen molar-refractivity contribution in [1.29, 1.82) is 0 Å². The van der Waals surface area contributed by atoms with E-state index >= 15 is 0 Å². The van der Waals surface area contributed by atoms with E-state index in [0.29, 0.717) is 22.5 Å². The van der Waals surface area contributed by atoms with Gasteiger partial charge in [-0.05, 0) is 49.4 Å². The summed E-state index contributed by atoms with van der Waals surface area (Å²) >= 11 is 6.08. The molecular weight excluding hydrogens is 469 g/mol. The molecule has 0 spiro atoms. The summed E-state index contributed by atoms with van der Waals surface area (Å²) < 4.78 is 47.1. The lowest BCUT2D eigenvalue weighted by atomic mass is 10.0. The first-order valence-corrected chi connectivity index (χ1v) is 11.8. The number of sulfonamides is 1. The third-order valence-corrected chi connectivity index (χ3v) is 6.75. The van der Waals surface area contributed by atoms with Gasteiger partial charge in [-0.2, -0.15) is 17.9 Å². The molecule has 0 unspecified atom stereocenters. The lowest BCUT2D eigenvalue weighted by Gasteiger charge is -2.27. The van der Waals surface area contributed by atoms with Gasteiger partial charge in [0.1, 0.15) is 23.8 Å². The molecule has 1 amide bonds. The van der Waals surface area contributed by atoms with E-state index in [0.717, 1.165) is 0 Å². The zero-order valence-electron chi connectivity index (χ0n) is 17.5. The van der Waals surface area contributed by atoms with E-state index in [9.17, 15) is 17.6 Å². The molecule has 3 aromatic rings. The van der Waals surface area contributed by atoms with E-state index < -0.39 is 28.3 Å². The smallest absolute Gasteiger partial charge is 0.280 e. The van der Waals surface area contributed by atoms with Crippen molar-refractivity contribution in [2.45, 2.75) is 11.8 Å². The molecule has 0 saturated carbocycles. The van der Waals surface area contributed by atoms with Crippen molar-refractivity contribution in [2.75, 3.05) is 18.5 Å². The Morgan fingerprint density at radius 1 is 1.09 bits per heavy atom. The van der Waals surface area contributed by atoms with Crippen LogP contribution in [0.15, 0.2) is 76.7 Å². The van der Waals surface area contributed by atoms with E-state index in [1.807, 2.05) is 6.92 Å². The third-order valence-electron chi connectivity index (χ3n) is 4.83. The summed E-state index contributed by atoms with van der Waals surface area (Å²) in [5.41, 5.74) is 0.696. The Labute approximate surface area is 195 Å². The molecule has 33 heavy (non-hydrogen) atoms. The van der Waals surface area contributed by atoms with Gasteiger partial charge < -0.3 is 10.1 Å². The number of anilines is 1. The van der Waals surface area contributed by atoms with Gasteiger partial charge in [-0.25, -0.2) is 4.39 Å². The normalized spacial score (nSPS) is 14.3. The molecule has 3 aromatic carbocycles. The van der Waals surface area contributed by atoms with Gasteiger partial charge in [-0.15, -0.1) is 0 Å². The number of fused-ring (bicyclic) bond motifs is 1. The maximum absolute atomic E-state index is 14.6. The number of hydrogen-bond acceptors (Lipinski definition) is 5. The Morgan fingerprint density at radius 2 is 1.82 bits per heavy atom. The summed E-state index contributed by atoms with van der Waals surface area (Å²) in [7, 11) is -4.19. The Balaban J connectivity index is 1.72. The molecule has 0 aromatic heterocycles. The van der Waals surface area contributed by atoms with Crippen molar-refractivity contribution in [1.82, 2.24) is 4.41 Å². The number of nitrogens with one attached hydrogen (secondary N) is 1. The number of halogens is 2. The number of rotatable bonds is 6. The number of amides is 1. The molecule has 1 aliphatic heterocycles. The number of ether oxygens (including phenoxy) is 1. The van der Waals surface area contributed by atoms with Crippen LogP contribution in [0.2, 0.25) is 5.02 Å². The predicted molar refractivity (Wildman–Crippen MR) is 124 cm³/mol. The van der Waals surface area contributed by atoms with Gasteiger partial charge in [0.25, 0.3) is 10.0 Å². The van der Waals surface area contributed by atoms with Crippen LogP contribution in [0.3, 0.4) is 0 Å². The monoisotopic (exact) mass is 487 g/mol. The van der Waals surface area contributed by atoms with Gasteiger partial charge in [0, 0.05) is 16.1 Å². The van der Waals surface area contributed by atoms with Gasteiger partial charge in [-0.1, -0.05) is 35.9 Å². The molecule has 0 fully saturated rings. The zero-order valence-corrected chi connectivity index (χ0v) is 19.0. The fraction of sp³-hybridized carbons (Fsp3) is 0.130. The Morgan fingerprint density at radius 3 is 2.58 bits per heavy atom. The number of hydrazone groups is 1. The van der Waals surface area contributed by atoms with Crippen molar-refractivity contribution in [3.63, 3.8) is 0 Å². The van der Waals surface area contributed by atoms with Crippen LogP contribution < -0.4 is 10.1 Å². The molecular formula is C23H19ClFN3O4S. The van der Waals surface area contributed by atoms with Crippen molar-refractivity contribution in [2.24, 2.45) is 5.10 Å². The highest BCUT2D eigenvalue weighted by Gasteiger charge is 2.35. The predicted octanol–water partition coefficient (Wildman–Crippen LogP) is 4.27. The van der Waals surface area contributed by atoms with E-state index in [1.165, 1.54) is 36.4 Å². The van der Waals surface area contributed by atoms with Crippen molar-refractivity contribution in [3.8, 4) is 5.75 Å². The largest absolute Gasteiger partial charge is 0.492 e. The minimum Gasteiger partial charge on any atom is -0.492 e. The van der Waals surface area contributed by atoms with Crippen molar-refractivity contribution < 1.29 is 22.3 Å². The van der Waals surface area contributed by atoms with E-state index in [1.54, 1.807) is 30.3 Å². The molecule has 1 aliphatic rings. The van der Waals surface area contributed by atoms with Gasteiger partial charge in [-0.3, -0.25) is 4.79 Å². The topological polar surface area (TPSA) is 88.1 Å². The summed E-state index contributed by atoms with van der Waals surface area (Å²) in [5, 5.41) is 7.07. The molecule has 4 rings (SSSR count). The second-order valence-electron chi connectivity index (χ2n) is 7.03. The second kappa shape index (κ2) is 9.21. The molecule has 0 saturated heterocycles. The molecule has 0 atom stereocenters. The van der Waals surface area contributed by atoms with Gasteiger partial charge in [0.2, 0.25) is 5.91 Å². The van der Waals surface area contributed by atoms with Crippen LogP contribution in [0.25, 0.3) is 0 Å². The lowest BCUT2D eigenvalue weighted by Crippen LogP contribution is -2.38. The van der Waals surface area contributed by atoms with Crippen LogP contribution in [0.1, 0.15) is 18.1 Å². The molecule has 0 radical (unpaired) electrons. The van der Waals surface area contributed by atoms with Crippen LogP contribution in [-0.2, 0) is 14.8 Å². The molecule has 1 heterocycles. The standard InChI is InChI=1S/C23H19ClFN3O4S/c1-2-32-20-10-6-5-9-19(20)26-22(29)14-28-27-23(16-7-3-4-8-18(16)25)17-13-15(24)11-12-21(17)33(28,30)31/h3-13H,2,14H2,1H3,(H,26,29). The van der Waals surface area contributed by atoms with Crippen LogP contribution in [0, 0.1) is 5.82 Å². The van der Waals surface area contributed by atoms with Crippen LogP contribution in [0.4, 0.5) is 10.1 Å². The Hall–Kier alpha value is -3.43.